The predicted octanol–water partition coefficient (Wildman–Crippen LogP) is 2.37. The first-order valence-electron chi connectivity index (χ1n) is 9.29. The van der Waals surface area contributed by atoms with Crippen LogP contribution >= 0.6 is 0 Å². The van der Waals surface area contributed by atoms with Gasteiger partial charge in [0, 0.05) is 32.9 Å². The van der Waals surface area contributed by atoms with Gasteiger partial charge in [0.05, 0.1) is 18.8 Å². The number of rotatable bonds is 5. The van der Waals surface area contributed by atoms with Crippen molar-refractivity contribution >= 4 is 17.6 Å². The number of allylic oxidation sites excluding steroid dienone is 1. The summed E-state index contributed by atoms with van der Waals surface area (Å²) in [6.07, 6.45) is 3.44. The summed E-state index contributed by atoms with van der Waals surface area (Å²) in [5.41, 5.74) is 0.839. The van der Waals surface area contributed by atoms with E-state index in [-0.39, 0.29) is 17.2 Å². The molecular weight excluding hydrogens is 344 g/mol. The maximum atomic E-state index is 12.6. The Hall–Kier alpha value is -2.41. The molecule has 0 radical (unpaired) electrons. The first-order chi connectivity index (χ1) is 12.7. The third kappa shape index (κ3) is 6.06. The summed E-state index contributed by atoms with van der Waals surface area (Å²) < 4.78 is 5.28. The molecule has 1 aliphatic heterocycles. The van der Waals surface area contributed by atoms with Crippen LogP contribution in [0.25, 0.3) is 0 Å². The van der Waals surface area contributed by atoms with Gasteiger partial charge in [-0.25, -0.2) is 4.98 Å². The molecule has 0 saturated carbocycles. The minimum Gasteiger partial charge on any atom is -0.378 e. The Bertz CT molecular complexity index is 686. The van der Waals surface area contributed by atoms with E-state index < -0.39 is 0 Å². The van der Waals surface area contributed by atoms with E-state index in [0.29, 0.717) is 49.9 Å². The van der Waals surface area contributed by atoms with Gasteiger partial charge in [-0.15, -0.1) is 0 Å². The number of carbonyl (C=O) groups is 2. The normalized spacial score (nSPS) is 15.4. The van der Waals surface area contributed by atoms with Gasteiger partial charge < -0.3 is 19.9 Å². The molecule has 2 rings (SSSR count). The number of ether oxygens (including phenoxy) is 1. The molecule has 1 aromatic heterocycles. The predicted molar refractivity (Wildman–Crippen MR) is 105 cm³/mol. The van der Waals surface area contributed by atoms with Crippen molar-refractivity contribution in [1.29, 1.82) is 0 Å². The summed E-state index contributed by atoms with van der Waals surface area (Å²) in [5.74, 6) is 0.383. The minimum atomic E-state index is -0.168. The number of hydrogen-bond donors (Lipinski definition) is 1. The zero-order valence-corrected chi connectivity index (χ0v) is 16.9. The van der Waals surface area contributed by atoms with Crippen LogP contribution in [-0.2, 0) is 9.53 Å². The molecular formula is C20H30N4O3. The van der Waals surface area contributed by atoms with Gasteiger partial charge in [-0.1, -0.05) is 20.8 Å². The molecule has 0 aliphatic carbocycles. The Morgan fingerprint density at radius 3 is 2.48 bits per heavy atom. The summed E-state index contributed by atoms with van der Waals surface area (Å²) in [6, 6.07) is 3.46. The molecule has 1 fully saturated rings. The molecule has 1 N–H and O–H groups in total. The van der Waals surface area contributed by atoms with Crippen LogP contribution in [0.5, 0.6) is 0 Å². The van der Waals surface area contributed by atoms with Crippen LogP contribution in [-0.4, -0.2) is 66.5 Å². The van der Waals surface area contributed by atoms with E-state index in [1.165, 1.54) is 0 Å². The lowest BCUT2D eigenvalue weighted by molar-refractivity contribution is -0.125. The van der Waals surface area contributed by atoms with E-state index in [2.05, 4.69) is 10.3 Å². The number of morpholine rings is 1. The smallest absolute Gasteiger partial charge is 0.269 e. The maximum absolute atomic E-state index is 12.6. The van der Waals surface area contributed by atoms with Gasteiger partial charge in [-0.2, -0.15) is 0 Å². The number of nitrogens with zero attached hydrogens (tertiary/aromatic N) is 3. The fourth-order valence-electron chi connectivity index (χ4n) is 2.61. The first kappa shape index (κ1) is 20.9. The first-order valence-corrected chi connectivity index (χ1v) is 9.29. The molecule has 0 spiro atoms. The second-order valence-electron chi connectivity index (χ2n) is 7.71. The van der Waals surface area contributed by atoms with Crippen LogP contribution in [0, 0.1) is 5.41 Å². The summed E-state index contributed by atoms with van der Waals surface area (Å²) in [5, 5.41) is 3.11. The van der Waals surface area contributed by atoms with Gasteiger partial charge in [-0.05, 0) is 30.5 Å². The van der Waals surface area contributed by atoms with Gasteiger partial charge in [-0.3, -0.25) is 9.59 Å². The van der Waals surface area contributed by atoms with Gasteiger partial charge in [0.25, 0.3) is 11.8 Å². The van der Waals surface area contributed by atoms with Crippen molar-refractivity contribution in [1.82, 2.24) is 14.8 Å². The lowest BCUT2D eigenvalue weighted by Gasteiger charge is -2.26. The van der Waals surface area contributed by atoms with E-state index in [1.807, 2.05) is 33.8 Å². The third-order valence-electron chi connectivity index (χ3n) is 4.20. The van der Waals surface area contributed by atoms with Gasteiger partial charge >= 0.3 is 0 Å². The van der Waals surface area contributed by atoms with Crippen molar-refractivity contribution in [2.45, 2.75) is 27.7 Å². The molecule has 148 valence electrons. The number of likely N-dealkylation sites (N-methyl/N-ethyl adjacent to an activating group) is 1. The molecule has 1 saturated heterocycles. The van der Waals surface area contributed by atoms with E-state index in [9.17, 15) is 9.59 Å². The fourth-order valence-corrected chi connectivity index (χ4v) is 2.61. The highest BCUT2D eigenvalue weighted by Gasteiger charge is 2.20. The highest BCUT2D eigenvalue weighted by atomic mass is 16.5. The van der Waals surface area contributed by atoms with Crippen molar-refractivity contribution < 1.29 is 14.3 Å². The Balaban J connectivity index is 2.15. The van der Waals surface area contributed by atoms with E-state index in [4.69, 9.17) is 4.74 Å². The average Bonchev–Trinajstić information content (AvgIpc) is 2.66. The molecule has 0 bridgehead atoms. The molecule has 0 aromatic carbocycles. The molecule has 7 heteroatoms. The fraction of sp³-hybridized carbons (Fsp3) is 0.550. The second kappa shape index (κ2) is 8.99. The van der Waals surface area contributed by atoms with Gasteiger partial charge in [0.1, 0.15) is 11.5 Å². The van der Waals surface area contributed by atoms with Crippen LogP contribution in [0.2, 0.25) is 0 Å². The topological polar surface area (TPSA) is 74.8 Å². The number of anilines is 1. The van der Waals surface area contributed by atoms with Crippen molar-refractivity contribution in [3.63, 3.8) is 0 Å². The zero-order valence-electron chi connectivity index (χ0n) is 16.9. The number of hydrogen-bond acceptors (Lipinski definition) is 5. The Kier molecular flexibility index (Phi) is 6.96. The molecule has 2 amide bonds. The van der Waals surface area contributed by atoms with Crippen LogP contribution in [0.1, 0.15) is 38.1 Å². The molecule has 0 atom stereocenters. The monoisotopic (exact) mass is 374 g/mol. The Labute approximate surface area is 161 Å². The van der Waals surface area contributed by atoms with Crippen molar-refractivity contribution in [2.24, 2.45) is 5.41 Å². The SMILES string of the molecule is CCN(C)C(=O)/C(=C\C(C)(C)C)Nc1ccc(C(=O)N2CCOCC2)cn1. The van der Waals surface area contributed by atoms with Crippen LogP contribution in [0.4, 0.5) is 5.82 Å². The highest BCUT2D eigenvalue weighted by molar-refractivity contribution is 5.96. The molecule has 1 aromatic rings. The Morgan fingerprint density at radius 1 is 1.30 bits per heavy atom. The molecule has 7 nitrogen and oxygen atoms in total. The van der Waals surface area contributed by atoms with E-state index >= 15 is 0 Å². The average molecular weight is 374 g/mol. The zero-order chi connectivity index (χ0) is 20.0. The minimum absolute atomic E-state index is 0.0513. The molecule has 27 heavy (non-hydrogen) atoms. The summed E-state index contributed by atoms with van der Waals surface area (Å²) in [4.78, 5) is 32.9. The largest absolute Gasteiger partial charge is 0.378 e. The molecule has 1 aliphatic rings. The van der Waals surface area contributed by atoms with Crippen LogP contribution in [0.3, 0.4) is 0 Å². The lowest BCUT2D eigenvalue weighted by Crippen LogP contribution is -2.40. The van der Waals surface area contributed by atoms with Gasteiger partial charge in [0.2, 0.25) is 0 Å². The summed E-state index contributed by atoms with van der Waals surface area (Å²) in [6.45, 7) is 10.9. The van der Waals surface area contributed by atoms with Crippen molar-refractivity contribution in [2.75, 3.05) is 45.2 Å². The molecule has 0 unspecified atom stereocenters. The lowest BCUT2D eigenvalue weighted by atomic mass is 9.95. The third-order valence-corrected chi connectivity index (χ3v) is 4.20. The number of amides is 2. The summed E-state index contributed by atoms with van der Waals surface area (Å²) >= 11 is 0. The highest BCUT2D eigenvalue weighted by Crippen LogP contribution is 2.20. The standard InChI is InChI=1S/C20H30N4O3/c1-6-23(5)19(26)16(13-20(2,3)4)22-17-8-7-15(14-21-17)18(25)24-9-11-27-12-10-24/h7-8,13-14H,6,9-12H2,1-5H3,(H,21,22)/b16-13+. The van der Waals surface area contributed by atoms with Crippen LogP contribution < -0.4 is 5.32 Å². The van der Waals surface area contributed by atoms with Gasteiger partial charge in [0.15, 0.2) is 0 Å². The van der Waals surface area contributed by atoms with Crippen LogP contribution in [0.15, 0.2) is 30.1 Å². The molecule has 2 heterocycles. The van der Waals surface area contributed by atoms with E-state index in [1.54, 1.807) is 35.2 Å². The number of nitrogens with one attached hydrogen (secondary N) is 1. The van der Waals surface area contributed by atoms with Crippen molar-refractivity contribution in [3.8, 4) is 0 Å². The summed E-state index contributed by atoms with van der Waals surface area (Å²) in [7, 11) is 1.76. The number of aromatic nitrogens is 1. The quantitative estimate of drug-likeness (QED) is 0.801. The van der Waals surface area contributed by atoms with Crippen molar-refractivity contribution in [3.05, 3.63) is 35.7 Å². The number of pyridine rings is 1. The number of carbonyl (C=O) groups excluding carboxylic acids is 2. The maximum Gasteiger partial charge on any atom is 0.269 e. The van der Waals surface area contributed by atoms with E-state index in [0.717, 1.165) is 0 Å². The Morgan fingerprint density at radius 2 is 1.96 bits per heavy atom. The second-order valence-corrected chi connectivity index (χ2v) is 7.71.